The SMILES string of the molecule is CC1(C)C(=O)NC(=O)CN1c1ncnc(Cl)c1Br. The van der Waals surface area contributed by atoms with Crippen LogP contribution in [0.3, 0.4) is 0 Å². The van der Waals surface area contributed by atoms with Crippen LogP contribution in [0.1, 0.15) is 13.8 Å². The first-order chi connectivity index (χ1) is 8.34. The molecule has 1 aromatic heterocycles. The summed E-state index contributed by atoms with van der Waals surface area (Å²) in [5.74, 6) is -0.329. The molecule has 2 rings (SSSR count). The van der Waals surface area contributed by atoms with Gasteiger partial charge in [-0.05, 0) is 29.8 Å². The van der Waals surface area contributed by atoms with Crippen LogP contribution in [0.25, 0.3) is 0 Å². The zero-order valence-electron chi connectivity index (χ0n) is 9.70. The highest BCUT2D eigenvalue weighted by Gasteiger charge is 2.42. The Kier molecular flexibility index (Phi) is 3.29. The lowest BCUT2D eigenvalue weighted by molar-refractivity contribution is -0.135. The number of nitrogens with zero attached hydrogens (tertiary/aromatic N) is 3. The second kappa shape index (κ2) is 4.47. The van der Waals surface area contributed by atoms with E-state index in [0.29, 0.717) is 10.3 Å². The molecule has 0 spiro atoms. The fraction of sp³-hybridized carbons (Fsp3) is 0.400. The van der Waals surface area contributed by atoms with Crippen LogP contribution in [-0.4, -0.2) is 33.9 Å². The number of hydrogen-bond donors (Lipinski definition) is 1. The van der Waals surface area contributed by atoms with Gasteiger partial charge in [-0.25, -0.2) is 9.97 Å². The van der Waals surface area contributed by atoms with E-state index in [0.717, 1.165) is 0 Å². The number of carbonyl (C=O) groups excluding carboxylic acids is 2. The number of hydrogen-bond acceptors (Lipinski definition) is 5. The van der Waals surface area contributed by atoms with Crippen molar-refractivity contribution in [2.75, 3.05) is 11.4 Å². The normalized spacial score (nSPS) is 18.8. The molecule has 0 aliphatic carbocycles. The third-order valence-corrected chi connectivity index (χ3v) is 4.01. The largest absolute Gasteiger partial charge is 0.332 e. The van der Waals surface area contributed by atoms with Crippen LogP contribution in [0.4, 0.5) is 5.82 Å². The molecule has 0 saturated carbocycles. The third-order valence-electron chi connectivity index (χ3n) is 2.77. The van der Waals surface area contributed by atoms with Gasteiger partial charge in [-0.15, -0.1) is 0 Å². The number of piperazine rings is 1. The highest BCUT2D eigenvalue weighted by Crippen LogP contribution is 2.33. The minimum Gasteiger partial charge on any atom is -0.332 e. The molecule has 1 N–H and O–H groups in total. The number of halogens is 2. The standard InChI is InChI=1S/C10H10BrClN4O2/c1-10(2)9(18)15-5(17)3-16(10)8-6(11)7(12)13-4-14-8/h4H,3H2,1-2H3,(H,15,17,18). The van der Waals surface area contributed by atoms with E-state index in [2.05, 4.69) is 31.2 Å². The van der Waals surface area contributed by atoms with E-state index in [9.17, 15) is 9.59 Å². The average Bonchev–Trinajstić information content (AvgIpc) is 2.28. The number of imide groups is 1. The van der Waals surface area contributed by atoms with Crippen molar-refractivity contribution >= 4 is 45.2 Å². The van der Waals surface area contributed by atoms with Crippen LogP contribution in [0.15, 0.2) is 10.8 Å². The molecule has 1 aliphatic heterocycles. The molecule has 96 valence electrons. The fourth-order valence-corrected chi connectivity index (χ4v) is 2.20. The number of carbonyl (C=O) groups is 2. The molecule has 8 heteroatoms. The summed E-state index contributed by atoms with van der Waals surface area (Å²) in [5, 5.41) is 2.52. The zero-order valence-corrected chi connectivity index (χ0v) is 12.0. The molecule has 1 fully saturated rings. The van der Waals surface area contributed by atoms with Crippen LogP contribution in [0.5, 0.6) is 0 Å². The van der Waals surface area contributed by atoms with Crippen molar-refractivity contribution < 1.29 is 9.59 Å². The monoisotopic (exact) mass is 332 g/mol. The molecule has 0 bridgehead atoms. The van der Waals surface area contributed by atoms with Crippen molar-refractivity contribution in [1.82, 2.24) is 15.3 Å². The predicted octanol–water partition coefficient (Wildman–Crippen LogP) is 1.13. The number of aromatic nitrogens is 2. The van der Waals surface area contributed by atoms with Gasteiger partial charge >= 0.3 is 0 Å². The van der Waals surface area contributed by atoms with Crippen molar-refractivity contribution in [3.63, 3.8) is 0 Å². The van der Waals surface area contributed by atoms with Gasteiger partial charge in [0.1, 0.15) is 22.8 Å². The maximum Gasteiger partial charge on any atom is 0.251 e. The first-order valence-electron chi connectivity index (χ1n) is 5.12. The van der Waals surface area contributed by atoms with E-state index in [1.807, 2.05) is 0 Å². The highest BCUT2D eigenvalue weighted by atomic mass is 79.9. The van der Waals surface area contributed by atoms with Crippen molar-refractivity contribution in [2.24, 2.45) is 0 Å². The van der Waals surface area contributed by atoms with Gasteiger partial charge in [-0.1, -0.05) is 11.6 Å². The van der Waals surface area contributed by atoms with E-state index in [-0.39, 0.29) is 23.5 Å². The van der Waals surface area contributed by atoms with Gasteiger partial charge in [0.25, 0.3) is 5.91 Å². The van der Waals surface area contributed by atoms with E-state index < -0.39 is 5.54 Å². The summed E-state index contributed by atoms with van der Waals surface area (Å²) in [4.78, 5) is 32.8. The molecular formula is C10H10BrClN4O2. The smallest absolute Gasteiger partial charge is 0.251 e. The summed E-state index contributed by atoms with van der Waals surface area (Å²) in [6, 6.07) is 0. The molecule has 0 radical (unpaired) electrons. The fourth-order valence-electron chi connectivity index (χ4n) is 1.65. The van der Waals surface area contributed by atoms with Gasteiger partial charge < -0.3 is 4.90 Å². The molecule has 0 unspecified atom stereocenters. The third kappa shape index (κ3) is 2.08. The van der Waals surface area contributed by atoms with Crippen LogP contribution in [-0.2, 0) is 9.59 Å². The van der Waals surface area contributed by atoms with Crippen molar-refractivity contribution in [1.29, 1.82) is 0 Å². The van der Waals surface area contributed by atoms with Crippen LogP contribution >= 0.6 is 27.5 Å². The van der Waals surface area contributed by atoms with E-state index in [4.69, 9.17) is 11.6 Å². The highest BCUT2D eigenvalue weighted by molar-refractivity contribution is 9.10. The topological polar surface area (TPSA) is 75.2 Å². The molecule has 6 nitrogen and oxygen atoms in total. The lowest BCUT2D eigenvalue weighted by atomic mass is 9.99. The molecule has 2 amide bonds. The molecule has 18 heavy (non-hydrogen) atoms. The van der Waals surface area contributed by atoms with E-state index in [1.54, 1.807) is 18.7 Å². The Bertz CT molecular complexity index is 535. The Morgan fingerprint density at radius 1 is 1.44 bits per heavy atom. The summed E-state index contributed by atoms with van der Waals surface area (Å²) in [7, 11) is 0. The zero-order chi connectivity index (χ0) is 13.5. The van der Waals surface area contributed by atoms with Crippen LogP contribution < -0.4 is 10.2 Å². The summed E-state index contributed by atoms with van der Waals surface area (Å²) < 4.78 is 0.460. The molecule has 1 aromatic rings. The number of rotatable bonds is 1. The van der Waals surface area contributed by atoms with E-state index >= 15 is 0 Å². The van der Waals surface area contributed by atoms with Crippen molar-refractivity contribution in [2.45, 2.75) is 19.4 Å². The molecule has 0 atom stereocenters. The molecule has 1 saturated heterocycles. The van der Waals surface area contributed by atoms with Crippen molar-refractivity contribution in [3.05, 3.63) is 16.0 Å². The van der Waals surface area contributed by atoms with Crippen LogP contribution in [0, 0.1) is 0 Å². The van der Waals surface area contributed by atoms with Gasteiger partial charge in [0.15, 0.2) is 0 Å². The molecule has 2 heterocycles. The maximum atomic E-state index is 11.8. The van der Waals surface area contributed by atoms with Gasteiger partial charge in [-0.2, -0.15) is 0 Å². The Morgan fingerprint density at radius 2 is 2.11 bits per heavy atom. The van der Waals surface area contributed by atoms with E-state index in [1.165, 1.54) is 6.33 Å². The maximum absolute atomic E-state index is 11.8. The Hall–Kier alpha value is -1.21. The Balaban J connectivity index is 2.51. The number of amides is 2. The lowest BCUT2D eigenvalue weighted by Crippen LogP contribution is -2.64. The minimum absolute atomic E-state index is 0.0324. The summed E-state index contributed by atoms with van der Waals surface area (Å²) in [6.07, 6.45) is 1.29. The van der Waals surface area contributed by atoms with Gasteiger partial charge in [0.05, 0.1) is 11.0 Å². The van der Waals surface area contributed by atoms with Gasteiger partial charge in [-0.3, -0.25) is 14.9 Å². The van der Waals surface area contributed by atoms with Crippen LogP contribution in [0.2, 0.25) is 5.15 Å². The minimum atomic E-state index is -0.895. The van der Waals surface area contributed by atoms with Gasteiger partial charge in [0, 0.05) is 0 Å². The summed E-state index contributed by atoms with van der Waals surface area (Å²) in [6.45, 7) is 3.44. The predicted molar refractivity (Wildman–Crippen MR) is 69.3 cm³/mol. The quantitative estimate of drug-likeness (QED) is 0.616. The average molecular weight is 334 g/mol. The first kappa shape index (κ1) is 13.2. The molecular weight excluding hydrogens is 323 g/mol. The number of nitrogens with one attached hydrogen (secondary N) is 1. The lowest BCUT2D eigenvalue weighted by Gasteiger charge is -2.41. The second-order valence-corrected chi connectivity index (χ2v) is 5.48. The number of anilines is 1. The first-order valence-corrected chi connectivity index (χ1v) is 6.29. The molecule has 0 aromatic carbocycles. The Labute approximate surface area is 117 Å². The Morgan fingerprint density at radius 3 is 2.78 bits per heavy atom. The molecule has 1 aliphatic rings. The summed E-state index contributed by atoms with van der Waals surface area (Å²) >= 11 is 9.15. The van der Waals surface area contributed by atoms with Crippen molar-refractivity contribution in [3.8, 4) is 0 Å². The van der Waals surface area contributed by atoms with Gasteiger partial charge in [0.2, 0.25) is 5.91 Å². The second-order valence-electron chi connectivity index (χ2n) is 4.32. The summed E-state index contributed by atoms with van der Waals surface area (Å²) in [5.41, 5.74) is -0.895.